The molecule has 0 saturated heterocycles. The minimum absolute atomic E-state index is 0. The summed E-state index contributed by atoms with van der Waals surface area (Å²) in [6.45, 7) is 0. The van der Waals surface area contributed by atoms with Gasteiger partial charge in [0, 0.05) is 0 Å². The zero-order chi connectivity index (χ0) is 10.9. The molecule has 1 aromatic carbocycles. The van der Waals surface area contributed by atoms with Gasteiger partial charge in [-0.15, -0.1) is 12.4 Å². The Morgan fingerprint density at radius 2 is 1.73 bits per heavy atom. The first-order valence-corrected chi connectivity index (χ1v) is 4.36. The molecule has 86 valence electrons. The van der Waals surface area contributed by atoms with E-state index in [1.54, 1.807) is 0 Å². The summed E-state index contributed by atoms with van der Waals surface area (Å²) in [7, 11) is 0. The zero-order valence-electron chi connectivity index (χ0n) is 7.18. The first-order valence-electron chi connectivity index (χ1n) is 3.60. The van der Waals surface area contributed by atoms with Gasteiger partial charge in [0.25, 0.3) is 0 Å². The van der Waals surface area contributed by atoms with Crippen LogP contribution in [0.2, 0.25) is 10.0 Å². The highest BCUT2D eigenvalue weighted by molar-refractivity contribution is 6.42. The van der Waals surface area contributed by atoms with Crippen molar-refractivity contribution in [3.63, 3.8) is 0 Å². The van der Waals surface area contributed by atoms with E-state index in [9.17, 15) is 13.2 Å². The molecular weight excluding hydrogens is 273 g/mol. The molecule has 1 rings (SSSR count). The SMILES string of the molecule is Cl.N[C@H](c1cccc(Cl)c1Cl)C(F)(F)F. The highest BCUT2D eigenvalue weighted by Crippen LogP contribution is 2.36. The molecule has 0 aromatic heterocycles. The van der Waals surface area contributed by atoms with Crippen LogP contribution in [-0.4, -0.2) is 6.18 Å². The molecule has 1 aromatic rings. The van der Waals surface area contributed by atoms with Crippen molar-refractivity contribution in [3.05, 3.63) is 33.8 Å². The van der Waals surface area contributed by atoms with Crippen molar-refractivity contribution in [2.45, 2.75) is 12.2 Å². The van der Waals surface area contributed by atoms with Crippen molar-refractivity contribution >= 4 is 35.6 Å². The number of hydrogen-bond donors (Lipinski definition) is 1. The third-order valence-corrected chi connectivity index (χ3v) is 2.50. The highest BCUT2D eigenvalue weighted by atomic mass is 35.5. The lowest BCUT2D eigenvalue weighted by atomic mass is 10.1. The molecule has 1 atom stereocenters. The molecule has 7 heteroatoms. The van der Waals surface area contributed by atoms with Crippen LogP contribution in [0.25, 0.3) is 0 Å². The first kappa shape index (κ1) is 14.8. The Labute approximate surface area is 101 Å². The summed E-state index contributed by atoms with van der Waals surface area (Å²) in [6, 6.07) is 1.87. The van der Waals surface area contributed by atoms with Gasteiger partial charge in [0.05, 0.1) is 10.0 Å². The minimum atomic E-state index is -4.52. The lowest BCUT2D eigenvalue weighted by molar-refractivity contribution is -0.149. The molecule has 1 nitrogen and oxygen atoms in total. The Kier molecular flexibility index (Phi) is 5.20. The monoisotopic (exact) mass is 279 g/mol. The van der Waals surface area contributed by atoms with Gasteiger partial charge in [0.2, 0.25) is 0 Å². The third kappa shape index (κ3) is 3.41. The van der Waals surface area contributed by atoms with E-state index in [0.29, 0.717) is 0 Å². The van der Waals surface area contributed by atoms with Crippen LogP contribution in [0.5, 0.6) is 0 Å². The maximum absolute atomic E-state index is 12.2. The Balaban J connectivity index is 0.00000196. The topological polar surface area (TPSA) is 26.0 Å². The second-order valence-corrected chi connectivity index (χ2v) is 3.45. The van der Waals surface area contributed by atoms with Crippen LogP contribution in [0.3, 0.4) is 0 Å². The van der Waals surface area contributed by atoms with E-state index in [1.165, 1.54) is 18.2 Å². The normalized spacial score (nSPS) is 13.2. The van der Waals surface area contributed by atoms with Gasteiger partial charge in [-0.2, -0.15) is 13.2 Å². The fourth-order valence-corrected chi connectivity index (χ4v) is 1.36. The molecule has 0 aliphatic heterocycles. The van der Waals surface area contributed by atoms with Gasteiger partial charge >= 0.3 is 6.18 Å². The quantitative estimate of drug-likeness (QED) is 0.827. The lowest BCUT2D eigenvalue weighted by Gasteiger charge is -2.17. The second-order valence-electron chi connectivity index (χ2n) is 2.66. The number of nitrogens with two attached hydrogens (primary N) is 1. The maximum Gasteiger partial charge on any atom is 0.407 e. The zero-order valence-corrected chi connectivity index (χ0v) is 9.51. The van der Waals surface area contributed by atoms with E-state index in [1.807, 2.05) is 0 Å². The summed E-state index contributed by atoms with van der Waals surface area (Å²) < 4.78 is 36.7. The Morgan fingerprint density at radius 3 is 2.20 bits per heavy atom. The molecule has 0 saturated carbocycles. The Bertz CT molecular complexity index is 340. The minimum Gasteiger partial charge on any atom is -0.316 e. The molecular formula is C8H7Cl3F3N. The number of halogens is 6. The maximum atomic E-state index is 12.2. The van der Waals surface area contributed by atoms with Gasteiger partial charge in [0.1, 0.15) is 6.04 Å². The summed E-state index contributed by atoms with van der Waals surface area (Å²) in [4.78, 5) is 0. The van der Waals surface area contributed by atoms with Gasteiger partial charge in [-0.3, -0.25) is 0 Å². The molecule has 0 bridgehead atoms. The van der Waals surface area contributed by atoms with Gasteiger partial charge in [-0.25, -0.2) is 0 Å². The number of hydrogen-bond acceptors (Lipinski definition) is 1. The summed E-state index contributed by atoms with van der Waals surface area (Å²) >= 11 is 11.1. The average Bonchev–Trinajstić information content (AvgIpc) is 2.07. The van der Waals surface area contributed by atoms with E-state index in [0.717, 1.165) is 0 Å². The molecule has 0 heterocycles. The van der Waals surface area contributed by atoms with Crippen molar-refractivity contribution < 1.29 is 13.2 Å². The molecule has 0 aliphatic rings. The standard InChI is InChI=1S/C8H6Cl2F3N.ClH/c9-5-3-1-2-4(6(5)10)7(14)8(11,12)13;/h1-3,7H,14H2;1H/t7-;/m1./s1. The largest absolute Gasteiger partial charge is 0.407 e. The number of benzene rings is 1. The first-order chi connectivity index (χ1) is 6.34. The van der Waals surface area contributed by atoms with Gasteiger partial charge in [0.15, 0.2) is 0 Å². The van der Waals surface area contributed by atoms with Gasteiger partial charge in [-0.1, -0.05) is 35.3 Å². The van der Waals surface area contributed by atoms with Crippen LogP contribution in [0.15, 0.2) is 18.2 Å². The molecule has 2 N–H and O–H groups in total. The smallest absolute Gasteiger partial charge is 0.316 e. The number of rotatable bonds is 1. The molecule has 0 aliphatic carbocycles. The van der Waals surface area contributed by atoms with Crippen LogP contribution in [-0.2, 0) is 0 Å². The Morgan fingerprint density at radius 1 is 1.20 bits per heavy atom. The van der Waals surface area contributed by atoms with Gasteiger partial charge < -0.3 is 5.73 Å². The van der Waals surface area contributed by atoms with Gasteiger partial charge in [-0.05, 0) is 11.6 Å². The predicted molar refractivity (Wildman–Crippen MR) is 56.7 cm³/mol. The van der Waals surface area contributed by atoms with Crippen molar-refractivity contribution in [2.24, 2.45) is 5.73 Å². The lowest BCUT2D eigenvalue weighted by Crippen LogP contribution is -2.28. The molecule has 0 unspecified atom stereocenters. The van der Waals surface area contributed by atoms with Crippen LogP contribution >= 0.6 is 35.6 Å². The van der Waals surface area contributed by atoms with Crippen molar-refractivity contribution in [2.75, 3.05) is 0 Å². The van der Waals surface area contributed by atoms with E-state index < -0.39 is 12.2 Å². The Hall–Kier alpha value is -0.160. The molecule has 0 spiro atoms. The fourth-order valence-electron chi connectivity index (χ4n) is 0.937. The fraction of sp³-hybridized carbons (Fsp3) is 0.250. The van der Waals surface area contributed by atoms with E-state index in [2.05, 4.69) is 0 Å². The van der Waals surface area contributed by atoms with Crippen LogP contribution in [0.4, 0.5) is 13.2 Å². The summed E-state index contributed by atoms with van der Waals surface area (Å²) in [5.74, 6) is 0. The summed E-state index contributed by atoms with van der Waals surface area (Å²) in [5, 5.41) is -0.0946. The molecule has 0 fully saturated rings. The second kappa shape index (κ2) is 5.25. The summed E-state index contributed by atoms with van der Waals surface area (Å²) in [6.07, 6.45) is -4.52. The van der Waals surface area contributed by atoms with Crippen LogP contribution < -0.4 is 5.73 Å². The van der Waals surface area contributed by atoms with Crippen LogP contribution in [0, 0.1) is 0 Å². The average molecular weight is 281 g/mol. The molecule has 0 amide bonds. The van der Waals surface area contributed by atoms with Crippen LogP contribution in [0.1, 0.15) is 11.6 Å². The molecule has 15 heavy (non-hydrogen) atoms. The van der Waals surface area contributed by atoms with Crippen molar-refractivity contribution in [3.8, 4) is 0 Å². The highest BCUT2D eigenvalue weighted by Gasteiger charge is 2.39. The number of alkyl halides is 3. The summed E-state index contributed by atoms with van der Waals surface area (Å²) in [5.41, 5.74) is 4.76. The van der Waals surface area contributed by atoms with Crippen molar-refractivity contribution in [1.82, 2.24) is 0 Å². The van der Waals surface area contributed by atoms with E-state index in [-0.39, 0.29) is 28.0 Å². The molecule has 0 radical (unpaired) electrons. The van der Waals surface area contributed by atoms with Crippen molar-refractivity contribution in [1.29, 1.82) is 0 Å². The van der Waals surface area contributed by atoms with E-state index in [4.69, 9.17) is 28.9 Å². The predicted octanol–water partition coefficient (Wildman–Crippen LogP) is 3.98. The third-order valence-electron chi connectivity index (χ3n) is 1.67. The van der Waals surface area contributed by atoms with E-state index >= 15 is 0 Å².